The van der Waals surface area contributed by atoms with E-state index in [0.717, 1.165) is 62.6 Å². The molecule has 0 aliphatic carbocycles. The van der Waals surface area contributed by atoms with Crippen LogP contribution in [0.25, 0.3) is 122 Å². The van der Waals surface area contributed by atoms with Gasteiger partial charge in [-0.1, -0.05) is 263 Å². The van der Waals surface area contributed by atoms with Crippen molar-refractivity contribution in [3.05, 3.63) is 357 Å². The molecule has 15 aromatic carbocycles. The highest BCUT2D eigenvalue weighted by molar-refractivity contribution is 7.00. The van der Waals surface area contributed by atoms with Crippen LogP contribution in [0.15, 0.2) is 352 Å². The fraction of sp³-hybridized carbons (Fsp3) is 0.0526. The summed E-state index contributed by atoms with van der Waals surface area (Å²) in [5.41, 5.74) is 33.1. The van der Waals surface area contributed by atoms with Crippen molar-refractivity contribution in [2.24, 2.45) is 5.41 Å². The molecule has 0 saturated heterocycles. The topological polar surface area (TPSA) is 16.3 Å². The van der Waals surface area contributed by atoms with E-state index in [1.165, 1.54) is 122 Å². The predicted molar refractivity (Wildman–Crippen MR) is 425 cm³/mol. The Balaban J connectivity index is 0.873. The number of hydrogen-bond acceptors (Lipinski definition) is 2. The third kappa shape index (κ3) is 10.1. The monoisotopic (exact) mass is 1280 g/mol. The fourth-order valence-corrected chi connectivity index (χ4v) is 16.3. The molecule has 0 atom stereocenters. The molecule has 0 spiro atoms. The zero-order valence-electron chi connectivity index (χ0n) is 56.1. The maximum Gasteiger partial charge on any atom is 0.252 e. The largest absolute Gasteiger partial charge is 0.311 e. The van der Waals surface area contributed by atoms with Crippen LogP contribution in [0.5, 0.6) is 0 Å². The average Bonchev–Trinajstić information content (AvgIpc) is 0.741. The van der Waals surface area contributed by atoms with Crippen LogP contribution in [0, 0.1) is 5.41 Å². The van der Waals surface area contributed by atoms with Gasteiger partial charge in [0.2, 0.25) is 0 Å². The molecule has 0 amide bonds. The Morgan fingerprint density at radius 1 is 0.240 bits per heavy atom. The van der Waals surface area contributed by atoms with Crippen LogP contribution in [0.4, 0.5) is 34.1 Å². The summed E-state index contributed by atoms with van der Waals surface area (Å²) >= 11 is 0. The molecule has 100 heavy (non-hydrogen) atoms. The summed E-state index contributed by atoms with van der Waals surface area (Å²) in [5.74, 6) is 0. The summed E-state index contributed by atoms with van der Waals surface area (Å²) in [6.07, 6.45) is 0.869. The first-order valence-corrected chi connectivity index (χ1v) is 34.9. The maximum absolute atomic E-state index is 2.60. The molecule has 0 N–H and O–H groups in total. The number of anilines is 6. The highest BCUT2D eigenvalue weighted by Crippen LogP contribution is 2.49. The Morgan fingerprint density at radius 3 is 0.790 bits per heavy atom. The van der Waals surface area contributed by atoms with Crippen molar-refractivity contribution in [3.8, 4) is 78.1 Å². The Kier molecular flexibility index (Phi) is 13.9. The zero-order valence-corrected chi connectivity index (χ0v) is 56.1. The standard InChI is InChI=1S/C95H69BN4/c1-95(2,3)62-63-54-92-94-93(55-63)98(77-44-36-71(37-45-77)65-24-12-5-13-25-65)91-61-79(100-88-52-40-74(68-30-18-8-19-31-68)58-82(88)83-59-75(41-53-89(83)100)69-32-20-9-21-33-69)47-49-85(91)96(94)84-48-46-78(60-90(84)97(92)76-42-34-70(35-43-76)64-22-10-4-11-23-64)99-86-50-38-72(66-26-14-6-15-27-66)56-80(86)81-57-73(39-51-87(81)99)67-28-16-7-17-29-67/h4-61H,62H2,1-3H3. The van der Waals surface area contributed by atoms with E-state index in [2.05, 4.69) is 392 Å². The van der Waals surface area contributed by atoms with E-state index >= 15 is 0 Å². The number of fused-ring (bicyclic) bond motifs is 10. The molecule has 4 heterocycles. The molecule has 0 fully saturated rings. The van der Waals surface area contributed by atoms with Gasteiger partial charge in [-0.15, -0.1) is 0 Å². The average molecular weight is 1280 g/mol. The van der Waals surface area contributed by atoms with Gasteiger partial charge in [0, 0.05) is 67.0 Å². The molecule has 2 aliphatic rings. The summed E-state index contributed by atoms with van der Waals surface area (Å²) in [6.45, 7) is 6.97. The van der Waals surface area contributed by atoms with Crippen LogP contribution >= 0.6 is 0 Å². The van der Waals surface area contributed by atoms with Gasteiger partial charge in [-0.05, 0) is 210 Å². The summed E-state index contributed by atoms with van der Waals surface area (Å²) in [6, 6.07) is 131. The van der Waals surface area contributed by atoms with Gasteiger partial charge < -0.3 is 18.9 Å². The molecule has 0 bridgehead atoms. The lowest BCUT2D eigenvalue weighted by Crippen LogP contribution is -2.61. The Labute approximate surface area is 584 Å². The van der Waals surface area contributed by atoms with Gasteiger partial charge in [-0.2, -0.15) is 0 Å². The second-order valence-corrected chi connectivity index (χ2v) is 28.3. The Bertz CT molecular complexity index is 5440. The molecule has 0 radical (unpaired) electrons. The molecule has 0 saturated carbocycles. The molecular weight excluding hydrogens is 1210 g/mol. The highest BCUT2D eigenvalue weighted by Gasteiger charge is 2.44. The van der Waals surface area contributed by atoms with Crippen LogP contribution in [0.3, 0.4) is 0 Å². The van der Waals surface area contributed by atoms with Gasteiger partial charge in [-0.25, -0.2) is 0 Å². The lowest BCUT2D eigenvalue weighted by Gasteiger charge is -2.45. The summed E-state index contributed by atoms with van der Waals surface area (Å²) in [7, 11) is 0. The van der Waals surface area contributed by atoms with Crippen LogP contribution < -0.4 is 26.2 Å². The zero-order chi connectivity index (χ0) is 66.6. The van der Waals surface area contributed by atoms with Gasteiger partial charge in [0.15, 0.2) is 0 Å². The van der Waals surface area contributed by atoms with Gasteiger partial charge in [-0.3, -0.25) is 0 Å². The van der Waals surface area contributed by atoms with Crippen molar-refractivity contribution in [1.29, 1.82) is 0 Å². The smallest absolute Gasteiger partial charge is 0.252 e. The normalized spacial score (nSPS) is 12.5. The van der Waals surface area contributed by atoms with E-state index in [9.17, 15) is 0 Å². The lowest BCUT2D eigenvalue weighted by atomic mass is 9.33. The molecule has 0 unspecified atom stereocenters. The van der Waals surface area contributed by atoms with Crippen molar-refractivity contribution in [1.82, 2.24) is 9.13 Å². The molecule has 19 rings (SSSR count). The van der Waals surface area contributed by atoms with Crippen LogP contribution in [-0.2, 0) is 6.42 Å². The first-order valence-electron chi connectivity index (χ1n) is 34.9. The Morgan fingerprint density at radius 2 is 0.500 bits per heavy atom. The van der Waals surface area contributed by atoms with Gasteiger partial charge in [0.25, 0.3) is 6.71 Å². The van der Waals surface area contributed by atoms with Crippen LogP contribution in [-0.4, -0.2) is 15.8 Å². The molecule has 5 heteroatoms. The number of benzene rings is 15. The SMILES string of the molecule is CC(C)(C)Cc1cc2c3c(c1)N(c1ccc(-c4ccccc4)cc1)c1cc(-n4c5ccc(-c6ccccc6)cc5c5cc(-c6ccccc6)ccc54)ccc1B3c1ccc(-n3c4ccc(-c5ccccc5)cc4c4cc(-c5ccccc5)ccc43)cc1N2c1ccc(-c2ccccc2)cc1. The number of hydrogen-bond donors (Lipinski definition) is 0. The van der Waals surface area contributed by atoms with Gasteiger partial charge >= 0.3 is 0 Å². The van der Waals surface area contributed by atoms with Crippen molar-refractivity contribution >= 4 is 101 Å². The second-order valence-electron chi connectivity index (χ2n) is 28.3. The van der Waals surface area contributed by atoms with Crippen molar-refractivity contribution in [2.45, 2.75) is 27.2 Å². The predicted octanol–water partition coefficient (Wildman–Crippen LogP) is 23.6. The molecule has 2 aliphatic heterocycles. The van der Waals surface area contributed by atoms with Crippen LogP contribution in [0.2, 0.25) is 0 Å². The maximum atomic E-state index is 2.60. The molecular formula is C95H69BN4. The van der Waals surface area contributed by atoms with E-state index in [1.54, 1.807) is 0 Å². The van der Waals surface area contributed by atoms with Crippen LogP contribution in [0.1, 0.15) is 26.3 Å². The molecule has 472 valence electrons. The van der Waals surface area contributed by atoms with Crippen molar-refractivity contribution in [3.63, 3.8) is 0 Å². The summed E-state index contributed by atoms with van der Waals surface area (Å²) in [4.78, 5) is 5.21. The van der Waals surface area contributed by atoms with E-state index in [-0.39, 0.29) is 12.1 Å². The number of rotatable bonds is 11. The molecule has 2 aromatic heterocycles. The third-order valence-electron chi connectivity index (χ3n) is 20.8. The van der Waals surface area contributed by atoms with Gasteiger partial charge in [0.1, 0.15) is 0 Å². The summed E-state index contributed by atoms with van der Waals surface area (Å²) in [5, 5.41) is 4.86. The number of aromatic nitrogens is 2. The molecule has 4 nitrogen and oxygen atoms in total. The minimum absolute atomic E-state index is 0.0290. The highest BCUT2D eigenvalue weighted by atomic mass is 15.2. The minimum atomic E-state index is -0.151. The number of nitrogens with zero attached hydrogens (tertiary/aromatic N) is 4. The first kappa shape index (κ1) is 58.9. The Hall–Kier alpha value is -12.4. The second kappa shape index (κ2) is 23.7. The lowest BCUT2D eigenvalue weighted by molar-refractivity contribution is 0.411. The van der Waals surface area contributed by atoms with E-state index < -0.39 is 0 Å². The fourth-order valence-electron chi connectivity index (χ4n) is 16.3. The van der Waals surface area contributed by atoms with Gasteiger partial charge in [0.05, 0.1) is 22.1 Å². The first-order chi connectivity index (χ1) is 49.2. The van der Waals surface area contributed by atoms with Crippen molar-refractivity contribution < 1.29 is 0 Å². The molecule has 17 aromatic rings. The van der Waals surface area contributed by atoms with E-state index in [4.69, 9.17) is 0 Å². The van der Waals surface area contributed by atoms with Crippen molar-refractivity contribution in [2.75, 3.05) is 9.80 Å². The third-order valence-corrected chi connectivity index (χ3v) is 20.8. The summed E-state index contributed by atoms with van der Waals surface area (Å²) < 4.78 is 5.03. The quantitative estimate of drug-likeness (QED) is 0.120. The van der Waals surface area contributed by atoms with E-state index in [0.29, 0.717) is 0 Å². The minimum Gasteiger partial charge on any atom is -0.311 e. The van der Waals surface area contributed by atoms with E-state index in [1.807, 2.05) is 0 Å².